The number of hydrogen-bond acceptors (Lipinski definition) is 11. The van der Waals surface area contributed by atoms with E-state index in [-0.39, 0.29) is 42.3 Å². The number of hydrogen-bond donors (Lipinski definition) is 4. The average Bonchev–Trinajstić information content (AvgIpc) is 3.20. The first-order valence-corrected chi connectivity index (χ1v) is 21.1. The monoisotopic (exact) mass is 858 g/mol. The van der Waals surface area contributed by atoms with E-state index in [0.717, 1.165) is 39.0 Å². The van der Waals surface area contributed by atoms with Crippen molar-refractivity contribution in [3.05, 3.63) is 130 Å². The van der Waals surface area contributed by atoms with Crippen LogP contribution >= 0.6 is 0 Å². The largest absolute Gasteiger partial charge is 0.463 e. The number of aliphatic hydroxyl groups is 4. The molecule has 11 nitrogen and oxygen atoms in total. The zero-order valence-electron chi connectivity index (χ0n) is 38.7. The lowest BCUT2D eigenvalue weighted by Crippen LogP contribution is -2.45. The minimum atomic E-state index is -1.74. The van der Waals surface area contributed by atoms with Gasteiger partial charge in [0, 0.05) is 13.5 Å². The highest BCUT2D eigenvalue weighted by Crippen LogP contribution is 2.42. The second-order valence-electron chi connectivity index (χ2n) is 17.6. The second-order valence-corrected chi connectivity index (χ2v) is 17.6. The summed E-state index contributed by atoms with van der Waals surface area (Å²) in [7, 11) is 1.59. The number of ether oxygens (including phenoxy) is 3. The molecule has 0 aromatic heterocycles. The molecule has 6 unspecified atom stereocenters. The highest BCUT2D eigenvalue weighted by molar-refractivity contribution is 6.02. The van der Waals surface area contributed by atoms with Crippen LogP contribution in [-0.4, -0.2) is 94.3 Å². The number of carbonyl (C=O) groups is 4. The van der Waals surface area contributed by atoms with Crippen LogP contribution in [0.3, 0.4) is 0 Å². The molecule has 0 heterocycles. The van der Waals surface area contributed by atoms with Gasteiger partial charge in [-0.1, -0.05) is 135 Å². The Morgan fingerprint density at radius 1 is 0.645 bits per heavy atom. The number of allylic oxidation sites excluding steroid dienone is 20. The fourth-order valence-electron chi connectivity index (χ4n) is 7.14. The summed E-state index contributed by atoms with van der Waals surface area (Å²) >= 11 is 0. The minimum absolute atomic E-state index is 0.0592. The number of rotatable bonds is 20. The first-order chi connectivity index (χ1) is 28.9. The Kier molecular flexibility index (Phi) is 21.3. The van der Waals surface area contributed by atoms with Gasteiger partial charge >= 0.3 is 11.9 Å². The van der Waals surface area contributed by atoms with Crippen LogP contribution in [0.4, 0.5) is 0 Å². The molecule has 0 saturated heterocycles. The Balaban J connectivity index is 1.92. The van der Waals surface area contributed by atoms with E-state index in [9.17, 15) is 39.6 Å². The van der Waals surface area contributed by atoms with E-state index >= 15 is 0 Å². The SMILES string of the molecule is COC1CC(C)(C)C(/C=C/C(C)=C/C=C/C(C)=C/C=C/C=C(C)/C=C/C=C(C)/C=C/C2=C(C)C(=O)C(OC(=O)CCC(=O)OCC(O)C(O)C(O)C(C)O)CC2(C)C)=C(C)C1=O. The van der Waals surface area contributed by atoms with Crippen molar-refractivity contribution in [2.24, 2.45) is 10.8 Å². The van der Waals surface area contributed by atoms with Gasteiger partial charge in [-0.25, -0.2) is 0 Å². The number of carbonyl (C=O) groups excluding carboxylic acids is 4. The number of esters is 2. The number of aliphatic hydroxyl groups excluding tert-OH is 4. The van der Waals surface area contributed by atoms with Crippen LogP contribution in [0, 0.1) is 10.8 Å². The molecule has 6 atom stereocenters. The van der Waals surface area contributed by atoms with Crippen molar-refractivity contribution < 1.29 is 53.8 Å². The van der Waals surface area contributed by atoms with Crippen molar-refractivity contribution >= 4 is 23.5 Å². The van der Waals surface area contributed by atoms with Gasteiger partial charge in [0.1, 0.15) is 31.0 Å². The van der Waals surface area contributed by atoms with Gasteiger partial charge in [-0.3, -0.25) is 19.2 Å². The van der Waals surface area contributed by atoms with Crippen molar-refractivity contribution in [2.45, 2.75) is 138 Å². The van der Waals surface area contributed by atoms with Crippen molar-refractivity contribution in [3.8, 4) is 0 Å². The van der Waals surface area contributed by atoms with E-state index < -0.39 is 54.5 Å². The summed E-state index contributed by atoms with van der Waals surface area (Å²) in [6.45, 7) is 20.5. The van der Waals surface area contributed by atoms with Gasteiger partial charge < -0.3 is 34.6 Å². The highest BCUT2D eigenvalue weighted by Gasteiger charge is 2.40. The third-order valence-electron chi connectivity index (χ3n) is 11.0. The smallest absolute Gasteiger partial charge is 0.307 e. The molecule has 4 N–H and O–H groups in total. The lowest BCUT2D eigenvalue weighted by Gasteiger charge is -2.36. The maximum atomic E-state index is 13.3. The summed E-state index contributed by atoms with van der Waals surface area (Å²) in [6, 6.07) is 0. The van der Waals surface area contributed by atoms with Crippen molar-refractivity contribution in [3.63, 3.8) is 0 Å². The first kappa shape index (κ1) is 53.4. The minimum Gasteiger partial charge on any atom is -0.463 e. The van der Waals surface area contributed by atoms with Gasteiger partial charge in [0.25, 0.3) is 0 Å². The molecule has 2 aliphatic rings. The quantitative estimate of drug-likeness (QED) is 0.0692. The van der Waals surface area contributed by atoms with Crippen LogP contribution in [0.1, 0.15) is 102 Å². The molecule has 0 aliphatic heterocycles. The fraction of sp³-hybridized carbons (Fsp3) is 0.490. The molecule has 0 bridgehead atoms. The second kappa shape index (κ2) is 24.8. The molecule has 62 heavy (non-hydrogen) atoms. The molecular formula is C51H70O11. The fourth-order valence-corrected chi connectivity index (χ4v) is 7.14. The topological polar surface area (TPSA) is 177 Å². The van der Waals surface area contributed by atoms with E-state index in [4.69, 9.17) is 14.2 Å². The van der Waals surface area contributed by atoms with Gasteiger partial charge in [0.05, 0.1) is 18.9 Å². The third-order valence-corrected chi connectivity index (χ3v) is 11.0. The molecular weight excluding hydrogens is 789 g/mol. The third kappa shape index (κ3) is 16.8. The van der Waals surface area contributed by atoms with Crippen molar-refractivity contribution in [1.29, 1.82) is 0 Å². The summed E-state index contributed by atoms with van der Waals surface area (Å²) in [5, 5.41) is 38.7. The average molecular weight is 859 g/mol. The molecule has 0 fully saturated rings. The Morgan fingerprint density at radius 3 is 1.50 bits per heavy atom. The van der Waals surface area contributed by atoms with E-state index in [2.05, 4.69) is 19.9 Å². The molecule has 0 aromatic carbocycles. The predicted molar refractivity (Wildman–Crippen MR) is 244 cm³/mol. The predicted octanol–water partition coefficient (Wildman–Crippen LogP) is 7.90. The van der Waals surface area contributed by atoms with Gasteiger partial charge in [-0.15, -0.1) is 0 Å². The Bertz CT molecular complexity index is 1970. The molecule has 0 radical (unpaired) electrons. The zero-order chi connectivity index (χ0) is 46.9. The van der Waals surface area contributed by atoms with Crippen molar-refractivity contribution in [2.75, 3.05) is 13.7 Å². The maximum Gasteiger partial charge on any atom is 0.307 e. The first-order valence-electron chi connectivity index (χ1n) is 21.1. The maximum absolute atomic E-state index is 13.3. The van der Waals surface area contributed by atoms with Crippen LogP contribution < -0.4 is 0 Å². The molecule has 340 valence electrons. The normalized spacial score (nSPS) is 22.8. The van der Waals surface area contributed by atoms with E-state index in [1.54, 1.807) is 14.0 Å². The number of Topliss-reactive ketones (excluding diaryl/α,β-unsaturated/α-hetero) is 2. The van der Waals surface area contributed by atoms with Gasteiger partial charge in [-0.2, -0.15) is 0 Å². The number of ketones is 2. The molecule has 2 rings (SSSR count). The van der Waals surface area contributed by atoms with Crippen LogP contribution in [-0.2, 0) is 33.4 Å². The Labute approximate surface area is 369 Å². The standard InChI is InChI=1S/C51H70O11/c1-32(19-15-21-34(3)23-25-39-36(5)46(56)42(60-12)29-50(39,8)9)17-13-14-18-33(2)20-16-22-35(4)24-26-40-37(6)47(57)43(30-51(40,10)11)62-45(55)28-27-44(54)61-31-41(53)49(59)48(58)38(7)52/h13-26,38,41-43,48-49,52-53,58-59H,27-31H2,1-12H3/b14-13+,19-15+,20-16+,25-23+,26-24+,32-17+,33-18+,34-21+,35-22+. The van der Waals surface area contributed by atoms with Gasteiger partial charge in [0.2, 0.25) is 0 Å². The summed E-state index contributed by atoms with van der Waals surface area (Å²) in [5.41, 5.74) is 6.70. The summed E-state index contributed by atoms with van der Waals surface area (Å²) < 4.78 is 15.8. The lowest BCUT2D eigenvalue weighted by atomic mass is 9.71. The summed E-state index contributed by atoms with van der Waals surface area (Å²) in [4.78, 5) is 50.6. The van der Waals surface area contributed by atoms with Gasteiger partial charge in [-0.05, 0) is 88.0 Å². The molecule has 11 heteroatoms. The molecule has 0 amide bonds. The van der Waals surface area contributed by atoms with E-state index in [0.29, 0.717) is 12.0 Å². The lowest BCUT2D eigenvalue weighted by molar-refractivity contribution is -0.160. The van der Waals surface area contributed by atoms with Crippen LogP contribution in [0.15, 0.2) is 130 Å². The summed E-state index contributed by atoms with van der Waals surface area (Å²) in [5.74, 6) is -1.85. The molecule has 0 aromatic rings. The summed E-state index contributed by atoms with van der Waals surface area (Å²) in [6.07, 6.45) is 20.5. The van der Waals surface area contributed by atoms with E-state index in [1.807, 2.05) is 127 Å². The van der Waals surface area contributed by atoms with Gasteiger partial charge in [0.15, 0.2) is 17.7 Å². The molecule has 0 spiro atoms. The highest BCUT2D eigenvalue weighted by atomic mass is 16.6. The van der Waals surface area contributed by atoms with Crippen LogP contribution in [0.2, 0.25) is 0 Å². The molecule has 2 aliphatic carbocycles. The Hall–Kier alpha value is -4.78. The van der Waals surface area contributed by atoms with Crippen LogP contribution in [0.25, 0.3) is 0 Å². The van der Waals surface area contributed by atoms with Crippen LogP contribution in [0.5, 0.6) is 0 Å². The Morgan fingerprint density at radius 2 is 1.05 bits per heavy atom. The zero-order valence-corrected chi connectivity index (χ0v) is 38.7. The molecule has 0 saturated carbocycles. The number of methoxy groups -OCH3 is 1. The van der Waals surface area contributed by atoms with E-state index in [1.165, 1.54) is 6.92 Å². The van der Waals surface area contributed by atoms with Crippen molar-refractivity contribution in [1.82, 2.24) is 0 Å².